The average molecular weight is 620 g/mol. The number of amides is 1. The predicted octanol–water partition coefficient (Wildman–Crippen LogP) is 3.31. The quantitative estimate of drug-likeness (QED) is 0.162. The Morgan fingerprint density at radius 3 is 2.43 bits per heavy atom. The fraction of sp³-hybridized carbons (Fsp3) is 0.483. The molecule has 1 aromatic carbocycles. The number of nitrogens with one attached hydrogen (secondary N) is 3. The van der Waals surface area contributed by atoms with Crippen LogP contribution >= 0.6 is 24.8 Å². The van der Waals surface area contributed by atoms with E-state index < -0.39 is 5.54 Å². The molecule has 3 heterocycles. The molecule has 0 atom stereocenters. The van der Waals surface area contributed by atoms with Gasteiger partial charge < -0.3 is 25.3 Å². The Morgan fingerprint density at radius 2 is 1.79 bits per heavy atom. The van der Waals surface area contributed by atoms with E-state index in [1.165, 1.54) is 13.5 Å². The number of aromatic nitrogens is 3. The van der Waals surface area contributed by atoms with Crippen molar-refractivity contribution in [3.63, 3.8) is 0 Å². The van der Waals surface area contributed by atoms with Crippen LogP contribution in [0.2, 0.25) is 0 Å². The Labute approximate surface area is 258 Å². The Bertz CT molecular complexity index is 1370. The molecule has 0 spiro atoms. The summed E-state index contributed by atoms with van der Waals surface area (Å²) in [7, 11) is 1.41. The maximum atomic E-state index is 13.1. The van der Waals surface area contributed by atoms with Gasteiger partial charge in [0.1, 0.15) is 23.7 Å². The van der Waals surface area contributed by atoms with Gasteiger partial charge >= 0.3 is 5.97 Å². The fourth-order valence-electron chi connectivity index (χ4n) is 5.92. The second kappa shape index (κ2) is 14.7. The Morgan fingerprint density at radius 1 is 1.10 bits per heavy atom. The van der Waals surface area contributed by atoms with Gasteiger partial charge in [-0.05, 0) is 56.0 Å². The molecule has 5 rings (SSSR count). The van der Waals surface area contributed by atoms with Crippen LogP contribution in [0.3, 0.4) is 0 Å². The summed E-state index contributed by atoms with van der Waals surface area (Å²) in [5, 5.41) is 14.5. The molecule has 2 fully saturated rings. The van der Waals surface area contributed by atoms with E-state index in [-0.39, 0.29) is 61.7 Å². The van der Waals surface area contributed by atoms with E-state index in [1.807, 2.05) is 22.8 Å². The van der Waals surface area contributed by atoms with Crippen LogP contribution in [0.4, 0.5) is 5.69 Å². The monoisotopic (exact) mass is 618 g/mol. The number of amidine groups is 1. The number of hydrogen-bond acceptors (Lipinski definition) is 8. The van der Waals surface area contributed by atoms with Crippen molar-refractivity contribution in [2.24, 2.45) is 5.73 Å². The summed E-state index contributed by atoms with van der Waals surface area (Å²) in [6.45, 7) is 1.73. The number of benzene rings is 1. The molecule has 5 N–H and O–H groups in total. The van der Waals surface area contributed by atoms with Crippen LogP contribution in [0.15, 0.2) is 42.7 Å². The van der Waals surface area contributed by atoms with Crippen molar-refractivity contribution in [1.29, 1.82) is 5.41 Å². The van der Waals surface area contributed by atoms with Gasteiger partial charge in [0, 0.05) is 42.8 Å². The molecule has 0 radical (unpaired) electrons. The van der Waals surface area contributed by atoms with Gasteiger partial charge in [-0.15, -0.1) is 24.8 Å². The van der Waals surface area contributed by atoms with Crippen LogP contribution in [0.25, 0.3) is 11.0 Å². The van der Waals surface area contributed by atoms with Gasteiger partial charge in [0.05, 0.1) is 24.7 Å². The molecule has 228 valence electrons. The highest BCUT2D eigenvalue weighted by Crippen LogP contribution is 2.28. The standard InChI is InChI=1S/C29H38N8O3.2ClH/c1-40-28(39)29(11-15-36(16-12-29)22-9-13-32-14-10-22)33-18-25-35-23-17-20(27(30)31)7-8-24(23)37(25)19-26(38)34-21-5-3-2-4-6-21;;/h7-10,13-14,17,21,33H,2-6,11-12,15-16,18-19H2,1H3,(H3,30,31)(H,34,38);2*1H. The first kappa shape index (κ1) is 33.1. The molecular weight excluding hydrogens is 579 g/mol. The largest absolute Gasteiger partial charge is 0.468 e. The molecule has 13 heteroatoms. The van der Waals surface area contributed by atoms with Gasteiger partial charge in [-0.1, -0.05) is 19.3 Å². The number of halogens is 2. The summed E-state index contributed by atoms with van der Waals surface area (Å²) in [4.78, 5) is 37.4. The first-order valence-electron chi connectivity index (χ1n) is 14.0. The van der Waals surface area contributed by atoms with Crippen molar-refractivity contribution < 1.29 is 14.3 Å². The first-order chi connectivity index (χ1) is 19.4. The fourth-order valence-corrected chi connectivity index (χ4v) is 5.92. The number of esters is 1. The van der Waals surface area contributed by atoms with E-state index in [4.69, 9.17) is 20.9 Å². The molecule has 2 aliphatic rings. The maximum Gasteiger partial charge on any atom is 0.326 e. The number of carbonyl (C=O) groups is 2. The van der Waals surface area contributed by atoms with Crippen molar-refractivity contribution in [3.8, 4) is 0 Å². The summed E-state index contributed by atoms with van der Waals surface area (Å²) in [6, 6.07) is 9.52. The number of fused-ring (bicyclic) bond motifs is 1. The Balaban J connectivity index is 0.00000242. The third kappa shape index (κ3) is 7.32. The Hall–Kier alpha value is -3.41. The second-order valence-corrected chi connectivity index (χ2v) is 10.8. The van der Waals surface area contributed by atoms with Gasteiger partial charge in [0.25, 0.3) is 0 Å². The lowest BCUT2D eigenvalue weighted by atomic mass is 9.87. The molecule has 42 heavy (non-hydrogen) atoms. The molecule has 11 nitrogen and oxygen atoms in total. The molecule has 3 aromatic rings. The van der Waals surface area contributed by atoms with E-state index >= 15 is 0 Å². The highest BCUT2D eigenvalue weighted by atomic mass is 35.5. The zero-order valence-electron chi connectivity index (χ0n) is 23.8. The van der Waals surface area contributed by atoms with Crippen molar-refractivity contribution in [2.45, 2.75) is 69.6 Å². The van der Waals surface area contributed by atoms with Crippen LogP contribution in [0.5, 0.6) is 0 Å². The third-order valence-corrected chi connectivity index (χ3v) is 8.22. The molecule has 2 aromatic heterocycles. The van der Waals surface area contributed by atoms with Crippen molar-refractivity contribution in [1.82, 2.24) is 25.2 Å². The minimum atomic E-state index is -0.879. The minimum absolute atomic E-state index is 0. The van der Waals surface area contributed by atoms with Gasteiger partial charge in [-0.3, -0.25) is 25.3 Å². The summed E-state index contributed by atoms with van der Waals surface area (Å²) in [5.41, 5.74) is 7.91. The number of hydrogen-bond donors (Lipinski definition) is 4. The maximum absolute atomic E-state index is 13.1. The zero-order chi connectivity index (χ0) is 28.1. The van der Waals surface area contributed by atoms with Crippen molar-refractivity contribution >= 4 is 59.2 Å². The summed E-state index contributed by atoms with van der Waals surface area (Å²) < 4.78 is 7.13. The van der Waals surface area contributed by atoms with E-state index in [1.54, 1.807) is 24.5 Å². The van der Waals surface area contributed by atoms with Crippen molar-refractivity contribution in [2.75, 3.05) is 25.1 Å². The van der Waals surface area contributed by atoms with Gasteiger partial charge in [-0.2, -0.15) is 0 Å². The average Bonchev–Trinajstić information content (AvgIpc) is 3.33. The minimum Gasteiger partial charge on any atom is -0.468 e. The lowest BCUT2D eigenvalue weighted by Crippen LogP contribution is -2.58. The summed E-state index contributed by atoms with van der Waals surface area (Å²) >= 11 is 0. The predicted molar refractivity (Wildman–Crippen MR) is 168 cm³/mol. The smallest absolute Gasteiger partial charge is 0.326 e. The molecule has 0 unspecified atom stereocenters. The Kier molecular flexibility index (Phi) is 11.6. The number of nitrogens with zero attached hydrogens (tertiary/aromatic N) is 4. The van der Waals surface area contributed by atoms with E-state index in [0.717, 1.165) is 36.9 Å². The van der Waals surface area contributed by atoms with Gasteiger partial charge in [0.2, 0.25) is 5.91 Å². The third-order valence-electron chi connectivity index (χ3n) is 8.22. The first-order valence-corrected chi connectivity index (χ1v) is 14.0. The number of pyridine rings is 1. The van der Waals surface area contributed by atoms with Gasteiger partial charge in [0.15, 0.2) is 0 Å². The molecule has 1 aliphatic heterocycles. The number of imidazole rings is 1. The highest BCUT2D eigenvalue weighted by molar-refractivity contribution is 5.98. The lowest BCUT2D eigenvalue weighted by molar-refractivity contribution is -0.149. The van der Waals surface area contributed by atoms with Crippen LogP contribution in [0, 0.1) is 5.41 Å². The van der Waals surface area contributed by atoms with Gasteiger partial charge in [-0.25, -0.2) is 4.98 Å². The number of piperidine rings is 1. The number of ether oxygens (including phenoxy) is 1. The van der Waals surface area contributed by atoms with Crippen LogP contribution < -0.4 is 21.3 Å². The molecular formula is C29H40Cl2N8O3. The highest BCUT2D eigenvalue weighted by Gasteiger charge is 2.42. The second-order valence-electron chi connectivity index (χ2n) is 10.8. The molecule has 1 amide bonds. The number of carbonyl (C=O) groups excluding carboxylic acids is 2. The molecule has 1 saturated carbocycles. The summed E-state index contributed by atoms with van der Waals surface area (Å²) in [5.74, 6) is 0.223. The number of nitrogen functional groups attached to an aromatic ring is 1. The lowest BCUT2D eigenvalue weighted by Gasteiger charge is -2.41. The van der Waals surface area contributed by atoms with Crippen LogP contribution in [-0.2, 0) is 27.4 Å². The molecule has 1 aliphatic carbocycles. The number of nitrogens with two attached hydrogens (primary N) is 1. The SMILES string of the molecule is COC(=O)C1(NCc2nc3cc(C(=N)N)ccc3n2CC(=O)NC2CCCCC2)CCN(c2ccncc2)CC1.Cl.Cl. The number of rotatable bonds is 9. The molecule has 1 saturated heterocycles. The van der Waals surface area contributed by atoms with E-state index in [2.05, 4.69) is 20.5 Å². The topological polar surface area (TPSA) is 151 Å². The molecule has 0 bridgehead atoms. The van der Waals surface area contributed by atoms with Crippen LogP contribution in [0.1, 0.15) is 56.3 Å². The summed E-state index contributed by atoms with van der Waals surface area (Å²) in [6.07, 6.45) is 10.1. The zero-order valence-corrected chi connectivity index (χ0v) is 25.4. The number of methoxy groups -OCH3 is 1. The van der Waals surface area contributed by atoms with E-state index in [0.29, 0.717) is 42.8 Å². The van der Waals surface area contributed by atoms with Crippen molar-refractivity contribution in [3.05, 3.63) is 54.1 Å². The van der Waals surface area contributed by atoms with E-state index in [9.17, 15) is 9.59 Å². The normalized spacial score (nSPS) is 16.6. The number of anilines is 1. The van der Waals surface area contributed by atoms with Crippen LogP contribution in [-0.4, -0.2) is 64.0 Å².